The van der Waals surface area contributed by atoms with E-state index in [0.717, 1.165) is 18.2 Å². The molecule has 2 aromatic carbocycles. The van der Waals surface area contributed by atoms with Gasteiger partial charge < -0.3 is 11.1 Å². The molecule has 0 spiro atoms. The molecule has 1 amide bonds. The molecule has 0 saturated heterocycles. The fourth-order valence-corrected chi connectivity index (χ4v) is 1.87. The van der Waals surface area contributed by atoms with Crippen molar-refractivity contribution in [3.05, 3.63) is 64.2 Å². The molecule has 0 fully saturated rings. The molecule has 0 bridgehead atoms. The number of carbonyl (C=O) groups is 1. The van der Waals surface area contributed by atoms with Gasteiger partial charge in [0.15, 0.2) is 0 Å². The second-order valence-corrected chi connectivity index (χ2v) is 4.56. The minimum absolute atomic E-state index is 0.0333. The Morgan fingerprint density at radius 2 is 1.95 bits per heavy atom. The van der Waals surface area contributed by atoms with Crippen molar-refractivity contribution < 1.29 is 13.6 Å². The summed E-state index contributed by atoms with van der Waals surface area (Å²) < 4.78 is 26.5. The largest absolute Gasteiger partial charge is 0.380 e. The number of primary amides is 1. The van der Waals surface area contributed by atoms with E-state index in [1.54, 1.807) is 0 Å². The molecule has 0 radical (unpaired) electrons. The average molecular weight is 297 g/mol. The van der Waals surface area contributed by atoms with Crippen molar-refractivity contribution in [1.29, 1.82) is 0 Å². The molecular weight excluding hydrogens is 286 g/mol. The maximum absolute atomic E-state index is 13.5. The third-order valence-electron chi connectivity index (χ3n) is 2.73. The van der Waals surface area contributed by atoms with Gasteiger partial charge >= 0.3 is 0 Å². The van der Waals surface area contributed by atoms with Gasteiger partial charge in [0.05, 0.1) is 10.7 Å². The zero-order chi connectivity index (χ0) is 14.7. The lowest BCUT2D eigenvalue weighted by atomic mass is 10.1. The number of rotatable bonds is 4. The standard InChI is InChI=1S/C14H11ClF2N2O/c15-11-3-1-8(14(18)20)6-13(11)19-7-9-5-10(16)2-4-12(9)17/h1-6,19H,7H2,(H2,18,20). The highest BCUT2D eigenvalue weighted by atomic mass is 35.5. The van der Waals surface area contributed by atoms with E-state index >= 15 is 0 Å². The smallest absolute Gasteiger partial charge is 0.248 e. The van der Waals surface area contributed by atoms with Crippen molar-refractivity contribution in [1.82, 2.24) is 0 Å². The third-order valence-corrected chi connectivity index (χ3v) is 3.06. The number of anilines is 1. The molecule has 0 saturated carbocycles. The van der Waals surface area contributed by atoms with Crippen LogP contribution in [0.2, 0.25) is 5.02 Å². The van der Waals surface area contributed by atoms with Crippen LogP contribution in [0.1, 0.15) is 15.9 Å². The van der Waals surface area contributed by atoms with E-state index in [4.69, 9.17) is 17.3 Å². The van der Waals surface area contributed by atoms with Gasteiger partial charge in [0, 0.05) is 17.7 Å². The maximum Gasteiger partial charge on any atom is 0.248 e. The molecule has 104 valence electrons. The second kappa shape index (κ2) is 5.88. The van der Waals surface area contributed by atoms with Crippen molar-refractivity contribution in [2.24, 2.45) is 5.73 Å². The minimum atomic E-state index is -0.596. The zero-order valence-electron chi connectivity index (χ0n) is 10.3. The van der Waals surface area contributed by atoms with Crippen LogP contribution in [-0.4, -0.2) is 5.91 Å². The first-order valence-electron chi connectivity index (χ1n) is 5.74. The molecule has 0 aliphatic carbocycles. The molecular formula is C14H11ClF2N2O. The fraction of sp³-hybridized carbons (Fsp3) is 0.0714. The van der Waals surface area contributed by atoms with E-state index in [2.05, 4.69) is 5.32 Å². The summed E-state index contributed by atoms with van der Waals surface area (Å²) in [4.78, 5) is 11.1. The van der Waals surface area contributed by atoms with E-state index in [-0.39, 0.29) is 17.7 Å². The van der Waals surface area contributed by atoms with Crippen molar-refractivity contribution >= 4 is 23.2 Å². The zero-order valence-corrected chi connectivity index (χ0v) is 11.0. The number of nitrogens with two attached hydrogens (primary N) is 1. The van der Waals surface area contributed by atoms with Crippen LogP contribution < -0.4 is 11.1 Å². The quantitative estimate of drug-likeness (QED) is 0.909. The lowest BCUT2D eigenvalue weighted by Crippen LogP contribution is -2.11. The number of benzene rings is 2. The van der Waals surface area contributed by atoms with Crippen LogP contribution in [-0.2, 0) is 6.54 Å². The Hall–Kier alpha value is -2.14. The number of hydrogen-bond donors (Lipinski definition) is 2. The first kappa shape index (κ1) is 14.3. The first-order chi connectivity index (χ1) is 9.47. The molecule has 3 nitrogen and oxygen atoms in total. The summed E-state index contributed by atoms with van der Waals surface area (Å²) in [5.41, 5.74) is 6.02. The molecule has 0 heterocycles. The summed E-state index contributed by atoms with van der Waals surface area (Å²) in [6, 6.07) is 7.63. The topological polar surface area (TPSA) is 55.1 Å². The van der Waals surface area contributed by atoms with Gasteiger partial charge in [0.1, 0.15) is 11.6 Å². The third kappa shape index (κ3) is 3.24. The van der Waals surface area contributed by atoms with Crippen LogP contribution in [0.4, 0.5) is 14.5 Å². The van der Waals surface area contributed by atoms with Crippen molar-refractivity contribution in [3.8, 4) is 0 Å². The van der Waals surface area contributed by atoms with E-state index in [9.17, 15) is 13.6 Å². The molecule has 2 rings (SSSR count). The highest BCUT2D eigenvalue weighted by molar-refractivity contribution is 6.33. The molecule has 0 unspecified atom stereocenters. The second-order valence-electron chi connectivity index (χ2n) is 4.15. The van der Waals surface area contributed by atoms with Gasteiger partial charge in [-0.05, 0) is 36.4 Å². The Morgan fingerprint density at radius 3 is 2.65 bits per heavy atom. The molecule has 0 aliphatic heterocycles. The van der Waals surface area contributed by atoms with Gasteiger partial charge in [-0.3, -0.25) is 4.79 Å². The van der Waals surface area contributed by atoms with Crippen LogP contribution in [0.25, 0.3) is 0 Å². The Kier molecular flexibility index (Phi) is 4.20. The SMILES string of the molecule is NC(=O)c1ccc(Cl)c(NCc2cc(F)ccc2F)c1. The van der Waals surface area contributed by atoms with Gasteiger partial charge in [-0.1, -0.05) is 11.6 Å². The van der Waals surface area contributed by atoms with Crippen LogP contribution in [0.5, 0.6) is 0 Å². The summed E-state index contributed by atoms with van der Waals surface area (Å²) in [6.07, 6.45) is 0. The van der Waals surface area contributed by atoms with E-state index in [1.807, 2.05) is 0 Å². The minimum Gasteiger partial charge on any atom is -0.380 e. The van der Waals surface area contributed by atoms with Crippen LogP contribution in [0, 0.1) is 11.6 Å². The fourth-order valence-electron chi connectivity index (χ4n) is 1.68. The van der Waals surface area contributed by atoms with Crippen LogP contribution in [0.15, 0.2) is 36.4 Å². The number of nitrogens with one attached hydrogen (secondary N) is 1. The number of hydrogen-bond acceptors (Lipinski definition) is 2. The lowest BCUT2D eigenvalue weighted by Gasteiger charge is -2.10. The molecule has 2 aromatic rings. The summed E-state index contributed by atoms with van der Waals surface area (Å²) in [5, 5.41) is 3.20. The molecule has 6 heteroatoms. The average Bonchev–Trinajstić information content (AvgIpc) is 2.41. The maximum atomic E-state index is 13.5. The Morgan fingerprint density at radius 1 is 1.20 bits per heavy atom. The summed E-state index contributed by atoms with van der Waals surface area (Å²) >= 11 is 5.96. The monoisotopic (exact) mass is 296 g/mol. The van der Waals surface area contributed by atoms with Gasteiger partial charge in [0.2, 0.25) is 5.91 Å². The predicted octanol–water partition coefficient (Wildman–Crippen LogP) is 3.33. The highest BCUT2D eigenvalue weighted by Crippen LogP contribution is 2.24. The lowest BCUT2D eigenvalue weighted by molar-refractivity contribution is 0.100. The van der Waals surface area contributed by atoms with Crippen molar-refractivity contribution in [3.63, 3.8) is 0 Å². The van der Waals surface area contributed by atoms with E-state index in [0.29, 0.717) is 10.7 Å². The normalized spacial score (nSPS) is 10.3. The van der Waals surface area contributed by atoms with E-state index in [1.165, 1.54) is 18.2 Å². The van der Waals surface area contributed by atoms with Crippen molar-refractivity contribution in [2.75, 3.05) is 5.32 Å². The highest BCUT2D eigenvalue weighted by Gasteiger charge is 2.08. The summed E-state index contributed by atoms with van der Waals surface area (Å²) in [5.74, 6) is -1.65. The van der Waals surface area contributed by atoms with Crippen molar-refractivity contribution in [2.45, 2.75) is 6.54 Å². The molecule has 20 heavy (non-hydrogen) atoms. The van der Waals surface area contributed by atoms with E-state index < -0.39 is 17.5 Å². The Labute approximate surface area is 119 Å². The summed E-state index contributed by atoms with van der Waals surface area (Å²) in [7, 11) is 0. The van der Waals surface area contributed by atoms with Gasteiger partial charge in [-0.2, -0.15) is 0 Å². The van der Waals surface area contributed by atoms with Gasteiger partial charge in [0.25, 0.3) is 0 Å². The Bertz CT molecular complexity index is 662. The Balaban J connectivity index is 2.20. The molecule has 3 N–H and O–H groups in total. The van der Waals surface area contributed by atoms with Crippen LogP contribution in [0.3, 0.4) is 0 Å². The first-order valence-corrected chi connectivity index (χ1v) is 6.12. The van der Waals surface area contributed by atoms with Gasteiger partial charge in [-0.25, -0.2) is 8.78 Å². The predicted molar refractivity (Wildman–Crippen MR) is 73.7 cm³/mol. The number of carbonyl (C=O) groups excluding carboxylic acids is 1. The van der Waals surface area contributed by atoms with Crippen LogP contribution >= 0.6 is 11.6 Å². The number of halogens is 3. The number of amides is 1. The molecule has 0 aliphatic rings. The molecule has 0 aromatic heterocycles. The summed E-state index contributed by atoms with van der Waals surface area (Å²) in [6.45, 7) is 0.0333. The van der Waals surface area contributed by atoms with Gasteiger partial charge in [-0.15, -0.1) is 0 Å². The molecule has 0 atom stereocenters.